The second-order valence-electron chi connectivity index (χ2n) is 5.62. The third-order valence-corrected chi connectivity index (χ3v) is 3.67. The van der Waals surface area contributed by atoms with Crippen LogP contribution in [-0.2, 0) is 6.42 Å². The highest BCUT2D eigenvalue weighted by Crippen LogP contribution is 2.21. The van der Waals surface area contributed by atoms with Crippen molar-refractivity contribution in [3.05, 3.63) is 41.2 Å². The Hall–Kier alpha value is -1.81. The van der Waals surface area contributed by atoms with Gasteiger partial charge in [-0.25, -0.2) is 4.68 Å². The minimum atomic E-state index is 0.513. The van der Waals surface area contributed by atoms with E-state index in [0.717, 1.165) is 30.1 Å². The molecule has 0 aliphatic rings. The fraction of sp³-hybridized carbons (Fsp3) is 0.471. The molecule has 2 aromatic rings. The van der Waals surface area contributed by atoms with Gasteiger partial charge in [0.1, 0.15) is 5.75 Å². The van der Waals surface area contributed by atoms with Gasteiger partial charge in [-0.3, -0.25) is 0 Å². The Balaban J connectivity index is 2.25. The van der Waals surface area contributed by atoms with E-state index >= 15 is 0 Å². The fourth-order valence-electron chi connectivity index (χ4n) is 2.52. The molecule has 1 heterocycles. The van der Waals surface area contributed by atoms with E-state index in [9.17, 15) is 0 Å². The van der Waals surface area contributed by atoms with Crippen LogP contribution < -0.4 is 10.1 Å². The molecule has 0 aliphatic heterocycles. The van der Waals surface area contributed by atoms with E-state index in [4.69, 9.17) is 4.74 Å². The molecule has 0 fully saturated rings. The summed E-state index contributed by atoms with van der Waals surface area (Å²) in [6.07, 6.45) is 1.000. The summed E-state index contributed by atoms with van der Waals surface area (Å²) in [7, 11) is 1.68. The number of ether oxygens (including phenoxy) is 1. The van der Waals surface area contributed by atoms with Crippen LogP contribution >= 0.6 is 0 Å². The number of aromatic nitrogens is 2. The number of methoxy groups -OCH3 is 1. The van der Waals surface area contributed by atoms with Crippen LogP contribution in [0.1, 0.15) is 30.8 Å². The van der Waals surface area contributed by atoms with Gasteiger partial charge in [0.05, 0.1) is 18.5 Å². The summed E-state index contributed by atoms with van der Waals surface area (Å²) in [5, 5.41) is 8.15. The van der Waals surface area contributed by atoms with E-state index in [1.54, 1.807) is 7.11 Å². The van der Waals surface area contributed by atoms with Gasteiger partial charge in [-0.15, -0.1) is 0 Å². The van der Waals surface area contributed by atoms with Crippen molar-refractivity contribution >= 4 is 0 Å². The summed E-state index contributed by atoms with van der Waals surface area (Å²) in [5.74, 6) is 0.850. The molecule has 0 saturated carbocycles. The SMILES string of the molecule is COc1cccc(-n2nc(C)c(CCNC(C)C)c2C)c1. The van der Waals surface area contributed by atoms with Crippen LogP contribution in [0.25, 0.3) is 5.69 Å². The van der Waals surface area contributed by atoms with Crippen molar-refractivity contribution in [3.63, 3.8) is 0 Å². The van der Waals surface area contributed by atoms with Crippen LogP contribution in [-0.4, -0.2) is 29.5 Å². The third-order valence-electron chi connectivity index (χ3n) is 3.67. The molecule has 1 aromatic carbocycles. The maximum atomic E-state index is 5.29. The molecule has 0 aliphatic carbocycles. The summed E-state index contributed by atoms with van der Waals surface area (Å²) < 4.78 is 7.30. The van der Waals surface area contributed by atoms with Crippen LogP contribution in [0, 0.1) is 13.8 Å². The van der Waals surface area contributed by atoms with Crippen LogP contribution in [0.3, 0.4) is 0 Å². The molecule has 2 rings (SSSR count). The zero-order valence-corrected chi connectivity index (χ0v) is 13.6. The first-order valence-electron chi connectivity index (χ1n) is 7.46. The van der Waals surface area contributed by atoms with Crippen molar-refractivity contribution in [2.45, 2.75) is 40.2 Å². The van der Waals surface area contributed by atoms with Crippen molar-refractivity contribution in [1.82, 2.24) is 15.1 Å². The van der Waals surface area contributed by atoms with Gasteiger partial charge in [0.2, 0.25) is 0 Å². The predicted octanol–water partition coefficient (Wildman–Crippen LogP) is 3.04. The topological polar surface area (TPSA) is 39.1 Å². The fourth-order valence-corrected chi connectivity index (χ4v) is 2.52. The van der Waals surface area contributed by atoms with Crippen LogP contribution in [0.15, 0.2) is 24.3 Å². The van der Waals surface area contributed by atoms with Gasteiger partial charge in [0, 0.05) is 17.8 Å². The Morgan fingerprint density at radius 2 is 2.05 bits per heavy atom. The minimum absolute atomic E-state index is 0.513. The number of benzene rings is 1. The van der Waals surface area contributed by atoms with E-state index in [-0.39, 0.29) is 0 Å². The zero-order valence-electron chi connectivity index (χ0n) is 13.6. The molecule has 1 N–H and O–H groups in total. The standard InChI is InChI=1S/C17H25N3O/c1-12(2)18-10-9-17-13(3)19-20(14(17)4)15-7-6-8-16(11-15)21-5/h6-8,11-12,18H,9-10H2,1-5H3. The molecule has 0 amide bonds. The van der Waals surface area contributed by atoms with E-state index in [1.165, 1.54) is 11.3 Å². The van der Waals surface area contributed by atoms with Crippen molar-refractivity contribution in [3.8, 4) is 11.4 Å². The molecule has 21 heavy (non-hydrogen) atoms. The van der Waals surface area contributed by atoms with Gasteiger partial charge in [-0.1, -0.05) is 19.9 Å². The quantitative estimate of drug-likeness (QED) is 0.887. The van der Waals surface area contributed by atoms with E-state index < -0.39 is 0 Å². The molecule has 1 aromatic heterocycles. The molecule has 0 radical (unpaired) electrons. The minimum Gasteiger partial charge on any atom is -0.497 e. The third kappa shape index (κ3) is 3.64. The zero-order chi connectivity index (χ0) is 15.4. The lowest BCUT2D eigenvalue weighted by atomic mass is 10.1. The Bertz CT molecular complexity index is 602. The highest BCUT2D eigenvalue weighted by atomic mass is 16.5. The first-order chi connectivity index (χ1) is 10.0. The highest BCUT2D eigenvalue weighted by molar-refractivity contribution is 5.42. The highest BCUT2D eigenvalue weighted by Gasteiger charge is 2.13. The number of hydrogen-bond acceptors (Lipinski definition) is 3. The van der Waals surface area contributed by atoms with E-state index in [1.807, 2.05) is 22.9 Å². The molecule has 4 nitrogen and oxygen atoms in total. The lowest BCUT2D eigenvalue weighted by molar-refractivity contribution is 0.414. The molecular formula is C17H25N3O. The second-order valence-corrected chi connectivity index (χ2v) is 5.62. The normalized spacial score (nSPS) is 11.1. The number of hydrogen-bond donors (Lipinski definition) is 1. The monoisotopic (exact) mass is 287 g/mol. The Morgan fingerprint density at radius 3 is 2.71 bits per heavy atom. The largest absolute Gasteiger partial charge is 0.497 e. The van der Waals surface area contributed by atoms with Crippen molar-refractivity contribution in [2.24, 2.45) is 0 Å². The number of rotatable bonds is 6. The Kier molecular flexibility index (Phi) is 5.02. The number of nitrogens with one attached hydrogen (secondary N) is 1. The summed E-state index contributed by atoms with van der Waals surface area (Å²) in [6, 6.07) is 8.51. The van der Waals surface area contributed by atoms with Gasteiger partial charge in [-0.05, 0) is 44.5 Å². The van der Waals surface area contributed by atoms with Crippen LogP contribution in [0.5, 0.6) is 5.75 Å². The molecule has 114 valence electrons. The second kappa shape index (κ2) is 6.76. The van der Waals surface area contributed by atoms with Crippen LogP contribution in [0.2, 0.25) is 0 Å². The lowest BCUT2D eigenvalue weighted by Crippen LogP contribution is -2.25. The first kappa shape index (κ1) is 15.6. The summed E-state index contributed by atoms with van der Waals surface area (Å²) >= 11 is 0. The summed E-state index contributed by atoms with van der Waals surface area (Å²) in [6.45, 7) is 9.51. The molecule has 0 unspecified atom stereocenters. The average Bonchev–Trinajstić information content (AvgIpc) is 2.75. The van der Waals surface area contributed by atoms with Gasteiger partial charge in [0.25, 0.3) is 0 Å². The summed E-state index contributed by atoms with van der Waals surface area (Å²) in [4.78, 5) is 0. The molecular weight excluding hydrogens is 262 g/mol. The molecule has 0 saturated heterocycles. The first-order valence-corrected chi connectivity index (χ1v) is 7.46. The Morgan fingerprint density at radius 1 is 1.29 bits per heavy atom. The molecule has 0 spiro atoms. The average molecular weight is 287 g/mol. The maximum absolute atomic E-state index is 5.29. The van der Waals surface area contributed by atoms with Gasteiger partial charge < -0.3 is 10.1 Å². The van der Waals surface area contributed by atoms with Gasteiger partial charge in [-0.2, -0.15) is 5.10 Å². The molecule has 0 bridgehead atoms. The smallest absolute Gasteiger partial charge is 0.121 e. The van der Waals surface area contributed by atoms with Crippen LogP contribution in [0.4, 0.5) is 0 Å². The summed E-state index contributed by atoms with van der Waals surface area (Å²) in [5.41, 5.74) is 4.66. The molecule has 0 atom stereocenters. The number of aryl methyl sites for hydroxylation is 1. The van der Waals surface area contributed by atoms with Gasteiger partial charge >= 0.3 is 0 Å². The Labute approximate surface area is 127 Å². The van der Waals surface area contributed by atoms with E-state index in [0.29, 0.717) is 6.04 Å². The van der Waals surface area contributed by atoms with Crippen molar-refractivity contribution < 1.29 is 4.74 Å². The predicted molar refractivity (Wildman–Crippen MR) is 86.4 cm³/mol. The van der Waals surface area contributed by atoms with Gasteiger partial charge in [0.15, 0.2) is 0 Å². The number of nitrogens with zero attached hydrogens (tertiary/aromatic N) is 2. The van der Waals surface area contributed by atoms with Crippen molar-refractivity contribution in [2.75, 3.05) is 13.7 Å². The van der Waals surface area contributed by atoms with Crippen molar-refractivity contribution in [1.29, 1.82) is 0 Å². The maximum Gasteiger partial charge on any atom is 0.121 e. The van der Waals surface area contributed by atoms with E-state index in [2.05, 4.69) is 44.2 Å². The lowest BCUT2D eigenvalue weighted by Gasteiger charge is -2.09. The molecule has 4 heteroatoms.